The first kappa shape index (κ1) is 19.1. The minimum Gasteiger partial charge on any atom is -0.410 e. The van der Waals surface area contributed by atoms with Crippen LogP contribution in [0.15, 0.2) is 48.5 Å². The summed E-state index contributed by atoms with van der Waals surface area (Å²) in [7, 11) is 0. The van der Waals surface area contributed by atoms with Crippen LogP contribution in [0, 0.1) is 0 Å². The van der Waals surface area contributed by atoms with Gasteiger partial charge in [-0.2, -0.15) is 0 Å². The number of nitrogens with zero attached hydrogens (tertiary/aromatic N) is 1. The van der Waals surface area contributed by atoms with E-state index in [0.29, 0.717) is 17.3 Å². The third-order valence-electron chi connectivity index (χ3n) is 3.92. The molecule has 0 spiro atoms. The van der Waals surface area contributed by atoms with Crippen molar-refractivity contribution in [1.82, 2.24) is 0 Å². The van der Waals surface area contributed by atoms with Crippen molar-refractivity contribution in [3.63, 3.8) is 0 Å². The number of hydrogen-bond acceptors (Lipinski definition) is 4. The zero-order valence-electron chi connectivity index (χ0n) is 15.0. The van der Waals surface area contributed by atoms with E-state index < -0.39 is 12.4 Å². The molecule has 0 saturated heterocycles. The predicted octanol–water partition coefficient (Wildman–Crippen LogP) is 5.85. The summed E-state index contributed by atoms with van der Waals surface area (Å²) < 4.78 is 10.9. The lowest BCUT2D eigenvalue weighted by Crippen LogP contribution is -2.37. The lowest BCUT2D eigenvalue weighted by Gasteiger charge is -2.29. The molecular weight excluding hydrogens is 338 g/mol. The highest BCUT2D eigenvalue weighted by molar-refractivity contribution is 6.30. The molecule has 0 fully saturated rings. The maximum absolute atomic E-state index is 12.2. The number of carbonyl (C=O) groups is 1. The predicted molar refractivity (Wildman–Crippen MR) is 102 cm³/mol. The molecule has 2 aromatic rings. The molecule has 4 nitrogen and oxygen atoms in total. The van der Waals surface area contributed by atoms with Crippen molar-refractivity contribution in [1.29, 1.82) is 0 Å². The molecule has 0 aliphatic carbocycles. The molecule has 2 rings (SSSR count). The zero-order valence-corrected chi connectivity index (χ0v) is 15.8. The summed E-state index contributed by atoms with van der Waals surface area (Å²) in [6.45, 7) is 8.56. The number of para-hydroxylation sites is 1. The van der Waals surface area contributed by atoms with Gasteiger partial charge in [-0.1, -0.05) is 49.7 Å². The molecule has 0 bridgehead atoms. The molecule has 2 aromatic carbocycles. The van der Waals surface area contributed by atoms with Gasteiger partial charge in [0.05, 0.1) is 0 Å². The Morgan fingerprint density at radius 3 is 2.48 bits per heavy atom. The molecule has 0 N–H and O–H groups in total. The molecule has 0 heterocycles. The highest BCUT2D eigenvalue weighted by atomic mass is 35.5. The van der Waals surface area contributed by atoms with Crippen molar-refractivity contribution >= 4 is 23.4 Å². The van der Waals surface area contributed by atoms with Crippen LogP contribution in [0.5, 0.6) is 5.75 Å². The van der Waals surface area contributed by atoms with E-state index in [1.807, 2.05) is 68.1 Å². The summed E-state index contributed by atoms with van der Waals surface area (Å²) >= 11 is 6.05. The average Bonchev–Trinajstić information content (AvgIpc) is 2.55. The number of anilines is 1. The fourth-order valence-electron chi connectivity index (χ4n) is 2.67. The van der Waals surface area contributed by atoms with Gasteiger partial charge in [0, 0.05) is 17.3 Å². The van der Waals surface area contributed by atoms with Gasteiger partial charge in [0.25, 0.3) is 0 Å². The Labute approximate surface area is 154 Å². The lowest BCUT2D eigenvalue weighted by molar-refractivity contribution is 0.0642. The van der Waals surface area contributed by atoms with Crippen LogP contribution < -0.4 is 9.64 Å². The van der Waals surface area contributed by atoms with Crippen LogP contribution in [-0.4, -0.2) is 18.9 Å². The molecule has 134 valence electrons. The molecular formula is C20H24ClNO3. The highest BCUT2D eigenvalue weighted by Gasteiger charge is 2.20. The lowest BCUT2D eigenvalue weighted by atomic mass is 10.0. The van der Waals surface area contributed by atoms with E-state index in [1.54, 1.807) is 13.0 Å². The molecule has 0 saturated carbocycles. The summed E-state index contributed by atoms with van der Waals surface area (Å²) in [6.07, 6.45) is -1.21. The first-order chi connectivity index (χ1) is 11.9. The second-order valence-corrected chi connectivity index (χ2v) is 6.46. The zero-order chi connectivity index (χ0) is 18.4. The quantitative estimate of drug-likeness (QED) is 0.367. The Balaban J connectivity index is 2.06. The Bertz CT molecular complexity index is 718. The monoisotopic (exact) mass is 361 g/mol. The van der Waals surface area contributed by atoms with Gasteiger partial charge < -0.3 is 14.4 Å². The average molecular weight is 362 g/mol. The second kappa shape index (κ2) is 8.77. The van der Waals surface area contributed by atoms with Crippen molar-refractivity contribution in [3.05, 3.63) is 59.1 Å². The van der Waals surface area contributed by atoms with Crippen LogP contribution in [0.3, 0.4) is 0 Å². The number of rotatable bonds is 6. The largest absolute Gasteiger partial charge is 0.515 e. The number of ether oxygens (including phenoxy) is 2. The molecule has 0 aliphatic heterocycles. The first-order valence-corrected chi connectivity index (χ1v) is 8.79. The third-order valence-corrected chi connectivity index (χ3v) is 4.16. The molecule has 5 heteroatoms. The Kier molecular flexibility index (Phi) is 6.71. The van der Waals surface area contributed by atoms with Crippen LogP contribution in [-0.2, 0) is 4.74 Å². The molecule has 0 aliphatic rings. The maximum Gasteiger partial charge on any atom is 0.515 e. The Morgan fingerprint density at radius 1 is 1.12 bits per heavy atom. The topological polar surface area (TPSA) is 38.8 Å². The van der Waals surface area contributed by atoms with E-state index in [9.17, 15) is 4.79 Å². The molecule has 0 aromatic heterocycles. The smallest absolute Gasteiger partial charge is 0.410 e. The summed E-state index contributed by atoms with van der Waals surface area (Å²) in [5.74, 6) is 0.778. The van der Waals surface area contributed by atoms with Crippen molar-refractivity contribution in [3.8, 4) is 5.75 Å². The Morgan fingerprint density at radius 2 is 1.84 bits per heavy atom. The summed E-state index contributed by atoms with van der Waals surface area (Å²) in [4.78, 5) is 14.2. The third kappa shape index (κ3) is 5.13. The standard InChI is InChI=1S/C20H24ClNO3/c1-5-22(17-10-8-9-16(21)13-17)15(4)24-20(23)25-19-12-7-6-11-18(19)14(2)3/h6-15H,5H2,1-4H3. The minimum absolute atomic E-state index is 0.250. The number of carbonyl (C=O) groups excluding carboxylic acids is 1. The number of benzene rings is 2. The number of hydrogen-bond donors (Lipinski definition) is 0. The van der Waals surface area contributed by atoms with Gasteiger partial charge in [0.1, 0.15) is 5.75 Å². The summed E-state index contributed by atoms with van der Waals surface area (Å²) in [5.41, 5.74) is 1.85. The van der Waals surface area contributed by atoms with Crippen molar-refractivity contribution in [2.24, 2.45) is 0 Å². The molecule has 1 unspecified atom stereocenters. The van der Waals surface area contributed by atoms with E-state index in [2.05, 4.69) is 0 Å². The van der Waals surface area contributed by atoms with Crippen molar-refractivity contribution in [2.75, 3.05) is 11.4 Å². The van der Waals surface area contributed by atoms with Gasteiger partial charge in [-0.15, -0.1) is 0 Å². The molecule has 1 atom stereocenters. The first-order valence-electron chi connectivity index (χ1n) is 8.42. The van der Waals surface area contributed by atoms with Crippen molar-refractivity contribution < 1.29 is 14.3 Å². The molecule has 0 radical (unpaired) electrons. The summed E-state index contributed by atoms with van der Waals surface area (Å²) in [5, 5.41) is 0.636. The second-order valence-electron chi connectivity index (χ2n) is 6.03. The van der Waals surface area contributed by atoms with Gasteiger partial charge in [-0.3, -0.25) is 0 Å². The molecule has 0 amide bonds. The van der Waals surface area contributed by atoms with Crippen LogP contribution in [0.25, 0.3) is 0 Å². The fourth-order valence-corrected chi connectivity index (χ4v) is 2.86. The van der Waals surface area contributed by atoms with Crippen LogP contribution >= 0.6 is 11.6 Å². The Hall–Kier alpha value is -2.20. The highest BCUT2D eigenvalue weighted by Crippen LogP contribution is 2.27. The van der Waals surface area contributed by atoms with Gasteiger partial charge in [-0.05, 0) is 49.6 Å². The van der Waals surface area contributed by atoms with Crippen LogP contribution in [0.2, 0.25) is 5.02 Å². The SMILES string of the molecule is CCN(c1cccc(Cl)c1)C(C)OC(=O)Oc1ccccc1C(C)C. The number of halogens is 1. The van der Waals surface area contributed by atoms with E-state index in [1.165, 1.54) is 0 Å². The summed E-state index contributed by atoms with van der Waals surface area (Å²) in [6, 6.07) is 14.9. The normalized spacial score (nSPS) is 11.9. The van der Waals surface area contributed by atoms with Gasteiger partial charge >= 0.3 is 6.16 Å². The van der Waals surface area contributed by atoms with Crippen LogP contribution in [0.4, 0.5) is 10.5 Å². The van der Waals surface area contributed by atoms with Gasteiger partial charge in [0.2, 0.25) is 0 Å². The van der Waals surface area contributed by atoms with E-state index in [-0.39, 0.29) is 5.92 Å². The minimum atomic E-state index is -0.721. The van der Waals surface area contributed by atoms with Gasteiger partial charge in [-0.25, -0.2) is 4.79 Å². The van der Waals surface area contributed by atoms with Crippen molar-refractivity contribution in [2.45, 2.75) is 39.8 Å². The van der Waals surface area contributed by atoms with E-state index in [4.69, 9.17) is 21.1 Å². The van der Waals surface area contributed by atoms with E-state index in [0.717, 1.165) is 11.3 Å². The molecule has 25 heavy (non-hydrogen) atoms. The van der Waals surface area contributed by atoms with E-state index >= 15 is 0 Å². The van der Waals surface area contributed by atoms with Gasteiger partial charge in [0.15, 0.2) is 6.23 Å². The van der Waals surface area contributed by atoms with Crippen LogP contribution in [0.1, 0.15) is 39.2 Å². The maximum atomic E-state index is 12.2. The fraction of sp³-hybridized carbons (Fsp3) is 0.350.